The number of fused-ring (bicyclic) bond motifs is 1. The number of rotatable bonds is 5. The predicted molar refractivity (Wildman–Crippen MR) is 106 cm³/mol. The molecule has 3 rings (SSSR count). The highest BCUT2D eigenvalue weighted by Crippen LogP contribution is 2.38. The molecule has 1 aromatic heterocycles. The van der Waals surface area contributed by atoms with Crippen molar-refractivity contribution in [3.8, 4) is 11.8 Å². The number of amides is 2. The Labute approximate surface area is 183 Å². The molecule has 0 aliphatic heterocycles. The minimum Gasteiger partial charge on any atom is -0.464 e. The Hall–Kier alpha value is -3.33. The molecule has 0 bridgehead atoms. The van der Waals surface area contributed by atoms with Crippen molar-refractivity contribution in [2.45, 2.75) is 37.6 Å². The Morgan fingerprint density at radius 3 is 2.41 bits per heavy atom. The number of nitrogens with one attached hydrogen (secondary N) is 2. The fourth-order valence-electron chi connectivity index (χ4n) is 3.25. The van der Waals surface area contributed by atoms with Crippen LogP contribution >= 0.6 is 11.3 Å². The number of esters is 1. The molecular formula is C20H17F4N3O4S. The molecule has 0 saturated heterocycles. The summed E-state index contributed by atoms with van der Waals surface area (Å²) in [5.74, 6) is -3.24. The molecule has 2 amide bonds. The summed E-state index contributed by atoms with van der Waals surface area (Å²) < 4.78 is 64.2. The number of anilines is 1. The molecular weight excluding hydrogens is 454 g/mol. The molecule has 2 N–H and O–H groups in total. The van der Waals surface area contributed by atoms with Gasteiger partial charge in [-0.2, -0.15) is 18.4 Å². The lowest BCUT2D eigenvalue weighted by atomic mass is 9.96. The van der Waals surface area contributed by atoms with Gasteiger partial charge in [0.1, 0.15) is 22.6 Å². The zero-order valence-corrected chi connectivity index (χ0v) is 17.5. The maximum Gasteiger partial charge on any atom is 0.460 e. The Kier molecular flexibility index (Phi) is 6.59. The van der Waals surface area contributed by atoms with Gasteiger partial charge >= 0.3 is 23.9 Å². The summed E-state index contributed by atoms with van der Waals surface area (Å²) in [5, 5.41) is 13.2. The number of thiophene rings is 1. The van der Waals surface area contributed by atoms with Gasteiger partial charge in [0.25, 0.3) is 0 Å². The lowest BCUT2D eigenvalue weighted by molar-refractivity contribution is -0.258. The van der Waals surface area contributed by atoms with Crippen LogP contribution in [0.3, 0.4) is 0 Å². The molecule has 1 heterocycles. The van der Waals surface area contributed by atoms with Crippen LogP contribution in [0.15, 0.2) is 24.3 Å². The Bertz CT molecular complexity index is 1060. The van der Waals surface area contributed by atoms with E-state index in [4.69, 9.17) is 4.74 Å². The number of hydrogen-bond donors (Lipinski definition) is 2. The predicted octanol–water partition coefficient (Wildman–Crippen LogP) is 4.27. The van der Waals surface area contributed by atoms with Crippen LogP contribution in [0.1, 0.15) is 28.8 Å². The van der Waals surface area contributed by atoms with Gasteiger partial charge in [-0.3, -0.25) is 10.6 Å². The van der Waals surface area contributed by atoms with E-state index < -0.39 is 35.5 Å². The van der Waals surface area contributed by atoms with Crippen molar-refractivity contribution < 1.29 is 36.6 Å². The van der Waals surface area contributed by atoms with E-state index in [9.17, 15) is 32.4 Å². The topological polar surface area (TPSA) is 100 Å². The minimum atomic E-state index is -5.46. The van der Waals surface area contributed by atoms with Gasteiger partial charge in [0.05, 0.1) is 12.7 Å². The first-order valence-corrected chi connectivity index (χ1v) is 10.2. The Morgan fingerprint density at radius 1 is 1.16 bits per heavy atom. The second kappa shape index (κ2) is 9.04. The van der Waals surface area contributed by atoms with Crippen molar-refractivity contribution >= 4 is 28.3 Å². The second-order valence-electron chi connectivity index (χ2n) is 6.83. The highest BCUT2D eigenvalue weighted by Gasteiger charge is 2.66. The van der Waals surface area contributed by atoms with Crippen LogP contribution in [0, 0.1) is 17.1 Å². The van der Waals surface area contributed by atoms with Crippen LogP contribution in [0.5, 0.6) is 5.75 Å². The molecule has 12 heteroatoms. The van der Waals surface area contributed by atoms with E-state index in [1.165, 1.54) is 5.32 Å². The molecule has 7 nitrogen and oxygen atoms in total. The van der Waals surface area contributed by atoms with Crippen LogP contribution in [-0.2, 0) is 22.4 Å². The number of hydrogen-bond acceptors (Lipinski definition) is 6. The summed E-state index contributed by atoms with van der Waals surface area (Å²) in [7, 11) is 0.692. The van der Waals surface area contributed by atoms with Gasteiger partial charge in [-0.1, -0.05) is 0 Å². The van der Waals surface area contributed by atoms with E-state index in [0.717, 1.165) is 58.9 Å². The fourth-order valence-corrected chi connectivity index (χ4v) is 4.49. The smallest absolute Gasteiger partial charge is 0.460 e. The summed E-state index contributed by atoms with van der Waals surface area (Å²) in [5.41, 5.74) is -2.99. The molecule has 0 fully saturated rings. The molecule has 0 saturated carbocycles. The maximum absolute atomic E-state index is 14.0. The lowest BCUT2D eigenvalue weighted by Crippen LogP contribution is -2.68. The van der Waals surface area contributed by atoms with Gasteiger partial charge in [0.15, 0.2) is 0 Å². The Balaban J connectivity index is 1.93. The number of halogens is 4. The van der Waals surface area contributed by atoms with Crippen LogP contribution in [-0.4, -0.2) is 31.0 Å². The van der Waals surface area contributed by atoms with Gasteiger partial charge in [-0.25, -0.2) is 14.0 Å². The quantitative estimate of drug-likeness (QED) is 0.385. The van der Waals surface area contributed by atoms with Crippen molar-refractivity contribution in [3.63, 3.8) is 0 Å². The summed E-state index contributed by atoms with van der Waals surface area (Å²) in [4.78, 5) is 25.6. The van der Waals surface area contributed by atoms with Crippen molar-refractivity contribution in [2.75, 3.05) is 12.4 Å². The third-order valence-corrected chi connectivity index (χ3v) is 5.96. The monoisotopic (exact) mass is 471 g/mol. The van der Waals surface area contributed by atoms with E-state index in [2.05, 4.69) is 10.1 Å². The van der Waals surface area contributed by atoms with Crippen LogP contribution in [0.25, 0.3) is 0 Å². The average molecular weight is 471 g/mol. The maximum atomic E-state index is 14.0. The molecule has 2 aromatic rings. The molecule has 1 aliphatic rings. The SMILES string of the molecule is COC(=O)[C@@](NC(=O)Nc1sc2c(c1C#N)CCCC2)(Oc1ccc(F)cc1)C(F)(F)F. The minimum absolute atomic E-state index is 0.0691. The number of nitriles is 1. The first-order valence-electron chi connectivity index (χ1n) is 9.35. The van der Waals surface area contributed by atoms with Crippen LogP contribution in [0.2, 0.25) is 0 Å². The number of carbonyl (C=O) groups excluding carboxylic acids is 2. The zero-order valence-electron chi connectivity index (χ0n) is 16.6. The van der Waals surface area contributed by atoms with Crippen molar-refractivity contribution in [2.24, 2.45) is 0 Å². The third kappa shape index (κ3) is 4.47. The van der Waals surface area contributed by atoms with Crippen LogP contribution < -0.4 is 15.4 Å². The summed E-state index contributed by atoms with van der Waals surface area (Å²) in [6, 6.07) is 3.89. The van der Waals surface area contributed by atoms with Crippen molar-refractivity contribution in [1.82, 2.24) is 5.32 Å². The normalized spacial score (nSPS) is 15.0. The van der Waals surface area contributed by atoms with Gasteiger partial charge in [0.2, 0.25) is 0 Å². The Morgan fingerprint density at radius 2 is 1.81 bits per heavy atom. The van der Waals surface area contributed by atoms with E-state index in [1.54, 1.807) is 0 Å². The zero-order chi connectivity index (χ0) is 23.5. The molecule has 1 aliphatic carbocycles. The summed E-state index contributed by atoms with van der Waals surface area (Å²) in [6.07, 6.45) is -2.39. The first-order chi connectivity index (χ1) is 15.1. The average Bonchev–Trinajstić information content (AvgIpc) is 3.10. The van der Waals surface area contributed by atoms with Gasteiger partial charge in [-0.05, 0) is 55.5 Å². The molecule has 170 valence electrons. The molecule has 32 heavy (non-hydrogen) atoms. The second-order valence-corrected chi connectivity index (χ2v) is 7.94. The lowest BCUT2D eigenvalue weighted by Gasteiger charge is -2.33. The number of carbonyl (C=O) groups is 2. The van der Waals surface area contributed by atoms with E-state index in [0.29, 0.717) is 20.0 Å². The van der Waals surface area contributed by atoms with E-state index in [-0.39, 0.29) is 10.6 Å². The fraction of sp³-hybridized carbons (Fsp3) is 0.350. The van der Waals surface area contributed by atoms with E-state index in [1.807, 2.05) is 6.07 Å². The molecule has 1 atom stereocenters. The number of urea groups is 1. The molecule has 0 spiro atoms. The van der Waals surface area contributed by atoms with Gasteiger partial charge in [0, 0.05) is 4.88 Å². The largest absolute Gasteiger partial charge is 0.464 e. The third-order valence-electron chi connectivity index (χ3n) is 4.76. The highest BCUT2D eigenvalue weighted by molar-refractivity contribution is 7.16. The molecule has 0 radical (unpaired) electrons. The van der Waals surface area contributed by atoms with Crippen molar-refractivity contribution in [3.05, 3.63) is 46.1 Å². The highest BCUT2D eigenvalue weighted by atomic mass is 32.1. The van der Waals surface area contributed by atoms with E-state index >= 15 is 0 Å². The van der Waals surface area contributed by atoms with Gasteiger partial charge < -0.3 is 9.47 Å². The van der Waals surface area contributed by atoms with Crippen LogP contribution in [0.4, 0.5) is 27.4 Å². The first kappa shape index (κ1) is 23.3. The number of ether oxygens (including phenoxy) is 2. The molecule has 1 aromatic carbocycles. The standard InChI is InChI=1S/C20H17F4N3O4S/c1-30-17(28)19(20(22,23)24,31-12-8-6-11(21)7-9-12)27-18(29)26-16-14(10-25)13-4-2-3-5-15(13)32-16/h6-9H,2-5H2,1H3,(H2,26,27,29)/t19-/m1/s1. The summed E-state index contributed by atoms with van der Waals surface area (Å²) >= 11 is 1.09. The van der Waals surface area contributed by atoms with Crippen molar-refractivity contribution in [1.29, 1.82) is 5.26 Å². The molecule has 0 unspecified atom stereocenters. The summed E-state index contributed by atoms with van der Waals surface area (Å²) in [6.45, 7) is 0. The number of aryl methyl sites for hydroxylation is 1. The number of alkyl halides is 3. The van der Waals surface area contributed by atoms with Gasteiger partial charge in [-0.15, -0.1) is 11.3 Å². The number of methoxy groups -OCH3 is 1. The number of nitrogens with zero attached hydrogens (tertiary/aromatic N) is 1. The number of benzene rings is 1.